The molecule has 1 fully saturated rings. The molecule has 1 aliphatic rings. The van der Waals surface area contributed by atoms with E-state index in [9.17, 15) is 9.90 Å². The summed E-state index contributed by atoms with van der Waals surface area (Å²) in [4.78, 5) is 17.5. The lowest BCUT2D eigenvalue weighted by atomic mass is 10.1. The van der Waals surface area contributed by atoms with Crippen LogP contribution >= 0.6 is 11.3 Å². The molecule has 1 saturated carbocycles. The van der Waals surface area contributed by atoms with Crippen molar-refractivity contribution < 1.29 is 9.90 Å². The number of carbonyl (C=O) groups is 1. The molecular weight excluding hydrogens is 286 g/mol. The molecule has 21 heavy (non-hydrogen) atoms. The van der Waals surface area contributed by atoms with Crippen LogP contribution in [0.4, 0.5) is 4.79 Å². The first-order chi connectivity index (χ1) is 10.1. The zero-order valence-corrected chi connectivity index (χ0v) is 13.6. The summed E-state index contributed by atoms with van der Waals surface area (Å²) >= 11 is 1.71. The molecule has 1 heterocycles. The molecule has 6 heteroatoms. The van der Waals surface area contributed by atoms with Gasteiger partial charge in [0.25, 0.3) is 0 Å². The molecule has 5 nitrogen and oxygen atoms in total. The highest BCUT2D eigenvalue weighted by Gasteiger charge is 2.22. The number of carbonyl (C=O) groups excluding carboxylic acids is 1. The summed E-state index contributed by atoms with van der Waals surface area (Å²) in [6.07, 6.45) is 4.22. The summed E-state index contributed by atoms with van der Waals surface area (Å²) in [6, 6.07) is -0.125. The number of urea groups is 1. The lowest BCUT2D eigenvalue weighted by Gasteiger charge is -2.11. The van der Waals surface area contributed by atoms with E-state index in [1.165, 1.54) is 10.6 Å². The van der Waals surface area contributed by atoms with Crippen LogP contribution in [0.2, 0.25) is 0 Å². The Kier molecular flexibility index (Phi) is 5.99. The van der Waals surface area contributed by atoms with Crippen LogP contribution in [0.5, 0.6) is 0 Å². The first-order valence-corrected chi connectivity index (χ1v) is 8.55. The molecule has 0 unspecified atom stereocenters. The Hall–Kier alpha value is -1.14. The van der Waals surface area contributed by atoms with E-state index < -0.39 is 0 Å². The molecule has 0 saturated heterocycles. The standard InChI is InChI=1S/C15H25N3O2S/c1-3-13-10(2)21-14(18-13)6-7-16-15(20)17-9-11-4-5-12(19)8-11/h11-12,19H,3-9H2,1-2H3,(H2,16,17,20)/t11-,12+/m1/s1. The van der Waals surface area contributed by atoms with Crippen molar-refractivity contribution in [2.45, 2.75) is 52.1 Å². The van der Waals surface area contributed by atoms with Gasteiger partial charge in [0.15, 0.2) is 0 Å². The third-order valence-electron chi connectivity index (χ3n) is 3.96. The van der Waals surface area contributed by atoms with Crippen LogP contribution in [-0.4, -0.2) is 35.3 Å². The third kappa shape index (κ3) is 4.97. The minimum absolute atomic E-state index is 0.125. The van der Waals surface area contributed by atoms with Gasteiger partial charge in [0.2, 0.25) is 0 Å². The second kappa shape index (κ2) is 7.75. The van der Waals surface area contributed by atoms with E-state index in [1.807, 2.05) is 0 Å². The van der Waals surface area contributed by atoms with Gasteiger partial charge in [0.1, 0.15) is 0 Å². The molecule has 1 aromatic heterocycles. The summed E-state index contributed by atoms with van der Waals surface area (Å²) in [5, 5.41) is 16.3. The molecule has 0 radical (unpaired) electrons. The molecule has 3 N–H and O–H groups in total. The second-order valence-corrected chi connectivity index (χ2v) is 6.97. The van der Waals surface area contributed by atoms with Crippen LogP contribution in [0.25, 0.3) is 0 Å². The van der Waals surface area contributed by atoms with Gasteiger partial charge in [0, 0.05) is 24.4 Å². The Bertz CT molecular complexity index is 475. The highest BCUT2D eigenvalue weighted by atomic mass is 32.1. The van der Waals surface area contributed by atoms with Gasteiger partial charge in [-0.05, 0) is 38.5 Å². The average Bonchev–Trinajstić information content (AvgIpc) is 3.02. The lowest BCUT2D eigenvalue weighted by Crippen LogP contribution is -2.38. The molecule has 0 bridgehead atoms. The Morgan fingerprint density at radius 3 is 2.86 bits per heavy atom. The Labute approximate surface area is 130 Å². The van der Waals surface area contributed by atoms with Gasteiger partial charge >= 0.3 is 6.03 Å². The van der Waals surface area contributed by atoms with Crippen LogP contribution in [0.3, 0.4) is 0 Å². The maximum atomic E-state index is 11.7. The number of rotatable bonds is 6. The second-order valence-electron chi connectivity index (χ2n) is 5.68. The average molecular weight is 311 g/mol. The van der Waals surface area contributed by atoms with E-state index in [0.717, 1.165) is 37.1 Å². The Morgan fingerprint density at radius 2 is 2.24 bits per heavy atom. The molecule has 0 aliphatic heterocycles. The molecule has 0 spiro atoms. The predicted octanol–water partition coefficient (Wildman–Crippen LogP) is 2.02. The van der Waals surface area contributed by atoms with Gasteiger partial charge in [-0.2, -0.15) is 0 Å². The van der Waals surface area contributed by atoms with Gasteiger partial charge in [-0.15, -0.1) is 11.3 Å². The monoisotopic (exact) mass is 311 g/mol. The van der Waals surface area contributed by atoms with Gasteiger partial charge in [0.05, 0.1) is 16.8 Å². The molecule has 2 atom stereocenters. The minimum Gasteiger partial charge on any atom is -0.393 e. The zero-order valence-electron chi connectivity index (χ0n) is 12.8. The van der Waals surface area contributed by atoms with Crippen molar-refractivity contribution in [1.29, 1.82) is 0 Å². The van der Waals surface area contributed by atoms with Crippen LogP contribution in [0.15, 0.2) is 0 Å². The first-order valence-electron chi connectivity index (χ1n) is 7.73. The summed E-state index contributed by atoms with van der Waals surface area (Å²) in [5.74, 6) is 0.416. The summed E-state index contributed by atoms with van der Waals surface area (Å²) in [6.45, 7) is 5.46. The fourth-order valence-corrected chi connectivity index (χ4v) is 3.76. The highest BCUT2D eigenvalue weighted by Crippen LogP contribution is 2.24. The topological polar surface area (TPSA) is 74.2 Å². The van der Waals surface area contributed by atoms with Gasteiger partial charge in [-0.3, -0.25) is 0 Å². The van der Waals surface area contributed by atoms with E-state index in [-0.39, 0.29) is 12.1 Å². The largest absolute Gasteiger partial charge is 0.393 e. The number of aromatic nitrogens is 1. The highest BCUT2D eigenvalue weighted by molar-refractivity contribution is 7.11. The Balaban J connectivity index is 1.62. The van der Waals surface area contributed by atoms with Crippen molar-refractivity contribution in [3.8, 4) is 0 Å². The number of nitrogens with one attached hydrogen (secondary N) is 2. The van der Waals surface area contributed by atoms with Gasteiger partial charge < -0.3 is 15.7 Å². The maximum absolute atomic E-state index is 11.7. The van der Waals surface area contributed by atoms with Crippen molar-refractivity contribution in [1.82, 2.24) is 15.6 Å². The number of hydrogen-bond acceptors (Lipinski definition) is 4. The third-order valence-corrected chi connectivity index (χ3v) is 5.03. The van der Waals surface area contributed by atoms with E-state index in [2.05, 4.69) is 29.5 Å². The minimum atomic E-state index is -0.180. The number of aliphatic hydroxyl groups excluding tert-OH is 1. The zero-order chi connectivity index (χ0) is 15.2. The molecule has 1 aliphatic carbocycles. The lowest BCUT2D eigenvalue weighted by molar-refractivity contribution is 0.177. The molecule has 2 rings (SSSR count). The Morgan fingerprint density at radius 1 is 1.43 bits per heavy atom. The number of thiazole rings is 1. The molecule has 2 amide bonds. The van der Waals surface area contributed by atoms with E-state index in [1.54, 1.807) is 11.3 Å². The quantitative estimate of drug-likeness (QED) is 0.752. The predicted molar refractivity (Wildman–Crippen MR) is 84.7 cm³/mol. The summed E-state index contributed by atoms with van der Waals surface area (Å²) < 4.78 is 0. The number of hydrogen-bond donors (Lipinski definition) is 3. The van der Waals surface area contributed by atoms with Crippen LogP contribution in [0.1, 0.15) is 41.8 Å². The SMILES string of the molecule is CCc1nc(CCNC(=O)NC[C@@H]2CC[C@H](O)C2)sc1C. The van der Waals surface area contributed by atoms with E-state index in [0.29, 0.717) is 19.0 Å². The van der Waals surface area contributed by atoms with Crippen molar-refractivity contribution in [3.63, 3.8) is 0 Å². The van der Waals surface area contributed by atoms with E-state index in [4.69, 9.17) is 0 Å². The fourth-order valence-electron chi connectivity index (χ4n) is 2.74. The van der Waals surface area contributed by atoms with Crippen molar-refractivity contribution in [3.05, 3.63) is 15.6 Å². The summed E-state index contributed by atoms with van der Waals surface area (Å²) in [7, 11) is 0. The number of aliphatic hydroxyl groups is 1. The molecule has 0 aromatic carbocycles. The molecule has 1 aromatic rings. The van der Waals surface area contributed by atoms with Crippen LogP contribution in [0, 0.1) is 12.8 Å². The fraction of sp³-hybridized carbons (Fsp3) is 0.733. The van der Waals surface area contributed by atoms with Crippen molar-refractivity contribution in [2.75, 3.05) is 13.1 Å². The maximum Gasteiger partial charge on any atom is 0.314 e. The van der Waals surface area contributed by atoms with Gasteiger partial charge in [-0.1, -0.05) is 6.92 Å². The molecule has 118 valence electrons. The van der Waals surface area contributed by atoms with Crippen molar-refractivity contribution >= 4 is 17.4 Å². The molecular formula is C15H25N3O2S. The number of nitrogens with zero attached hydrogens (tertiary/aromatic N) is 1. The number of aryl methyl sites for hydroxylation is 2. The smallest absolute Gasteiger partial charge is 0.314 e. The van der Waals surface area contributed by atoms with Crippen LogP contribution < -0.4 is 10.6 Å². The first kappa shape index (κ1) is 16.2. The number of amides is 2. The normalized spacial score (nSPS) is 21.5. The van der Waals surface area contributed by atoms with Gasteiger partial charge in [-0.25, -0.2) is 9.78 Å². The van der Waals surface area contributed by atoms with E-state index >= 15 is 0 Å². The van der Waals surface area contributed by atoms with Crippen molar-refractivity contribution in [2.24, 2.45) is 5.92 Å². The summed E-state index contributed by atoms with van der Waals surface area (Å²) in [5.41, 5.74) is 1.17. The van der Waals surface area contributed by atoms with Crippen LogP contribution in [-0.2, 0) is 12.8 Å².